The number of hydrogen-bond donors (Lipinski definition) is 0. The SMILES string of the molecule is C[C@H]1CCCN(C(=O)C2CCN(C(=O)c3ccco3)CC2)C1. The van der Waals surface area contributed by atoms with Gasteiger partial charge in [0.05, 0.1) is 6.26 Å². The van der Waals surface area contributed by atoms with Gasteiger partial charge < -0.3 is 14.2 Å². The lowest BCUT2D eigenvalue weighted by atomic mass is 9.92. The number of nitrogens with zero attached hydrogens (tertiary/aromatic N) is 2. The summed E-state index contributed by atoms with van der Waals surface area (Å²) in [5.41, 5.74) is 0. The van der Waals surface area contributed by atoms with E-state index < -0.39 is 0 Å². The summed E-state index contributed by atoms with van der Waals surface area (Å²) in [6.45, 7) is 5.28. The molecule has 3 rings (SSSR count). The number of piperidine rings is 2. The van der Waals surface area contributed by atoms with Crippen molar-refractivity contribution in [3.05, 3.63) is 24.2 Å². The van der Waals surface area contributed by atoms with Gasteiger partial charge in [0.15, 0.2) is 5.76 Å². The Kier molecular flexibility index (Phi) is 4.50. The molecular formula is C17H24N2O3. The summed E-state index contributed by atoms with van der Waals surface area (Å²) >= 11 is 0. The van der Waals surface area contributed by atoms with Crippen molar-refractivity contribution in [3.8, 4) is 0 Å². The van der Waals surface area contributed by atoms with E-state index in [0.717, 1.165) is 32.4 Å². The molecule has 0 saturated carbocycles. The highest BCUT2D eigenvalue weighted by Gasteiger charge is 2.32. The van der Waals surface area contributed by atoms with E-state index in [4.69, 9.17) is 4.42 Å². The topological polar surface area (TPSA) is 53.8 Å². The Hall–Kier alpha value is -1.78. The Bertz CT molecular complexity index is 518. The summed E-state index contributed by atoms with van der Waals surface area (Å²) in [5, 5.41) is 0. The van der Waals surface area contributed by atoms with E-state index >= 15 is 0 Å². The molecule has 22 heavy (non-hydrogen) atoms. The van der Waals surface area contributed by atoms with Gasteiger partial charge in [0.2, 0.25) is 5.91 Å². The van der Waals surface area contributed by atoms with Gasteiger partial charge in [-0.15, -0.1) is 0 Å². The molecule has 2 amide bonds. The number of hydrogen-bond acceptors (Lipinski definition) is 3. The van der Waals surface area contributed by atoms with Crippen LogP contribution >= 0.6 is 0 Å². The fraction of sp³-hybridized carbons (Fsp3) is 0.647. The second-order valence-corrected chi connectivity index (χ2v) is 6.58. The maximum absolute atomic E-state index is 12.6. The highest BCUT2D eigenvalue weighted by atomic mass is 16.3. The molecule has 0 aliphatic carbocycles. The van der Waals surface area contributed by atoms with E-state index in [1.807, 2.05) is 4.90 Å². The molecule has 2 aliphatic heterocycles. The fourth-order valence-electron chi connectivity index (χ4n) is 3.53. The van der Waals surface area contributed by atoms with Gasteiger partial charge in [-0.1, -0.05) is 6.92 Å². The fourth-order valence-corrected chi connectivity index (χ4v) is 3.53. The minimum Gasteiger partial charge on any atom is -0.459 e. The Morgan fingerprint density at radius 1 is 1.14 bits per heavy atom. The van der Waals surface area contributed by atoms with Crippen molar-refractivity contribution >= 4 is 11.8 Å². The van der Waals surface area contributed by atoms with E-state index in [0.29, 0.717) is 24.8 Å². The van der Waals surface area contributed by atoms with E-state index in [1.165, 1.54) is 12.7 Å². The summed E-state index contributed by atoms with van der Waals surface area (Å²) in [6, 6.07) is 3.41. The van der Waals surface area contributed by atoms with Crippen molar-refractivity contribution in [1.29, 1.82) is 0 Å². The number of amides is 2. The first-order valence-corrected chi connectivity index (χ1v) is 8.26. The Morgan fingerprint density at radius 3 is 2.55 bits per heavy atom. The van der Waals surface area contributed by atoms with Gasteiger partial charge >= 0.3 is 0 Å². The van der Waals surface area contributed by atoms with Crippen LogP contribution in [0.2, 0.25) is 0 Å². The lowest BCUT2D eigenvalue weighted by molar-refractivity contribution is -0.138. The average Bonchev–Trinajstić information content (AvgIpc) is 3.08. The molecular weight excluding hydrogens is 280 g/mol. The van der Waals surface area contributed by atoms with E-state index in [2.05, 4.69) is 6.92 Å². The van der Waals surface area contributed by atoms with Crippen LogP contribution in [0, 0.1) is 11.8 Å². The third kappa shape index (κ3) is 3.18. The van der Waals surface area contributed by atoms with E-state index in [1.54, 1.807) is 17.0 Å². The van der Waals surface area contributed by atoms with Crippen molar-refractivity contribution in [1.82, 2.24) is 9.80 Å². The number of carbonyl (C=O) groups is 2. The quantitative estimate of drug-likeness (QED) is 0.843. The van der Waals surface area contributed by atoms with Gasteiger partial charge in [0, 0.05) is 32.1 Å². The molecule has 3 heterocycles. The normalized spacial score (nSPS) is 23.6. The molecule has 5 nitrogen and oxygen atoms in total. The van der Waals surface area contributed by atoms with Crippen LogP contribution in [0.25, 0.3) is 0 Å². The summed E-state index contributed by atoms with van der Waals surface area (Å²) in [5.74, 6) is 1.29. The summed E-state index contributed by atoms with van der Waals surface area (Å²) in [4.78, 5) is 28.7. The van der Waals surface area contributed by atoms with Crippen molar-refractivity contribution in [2.24, 2.45) is 11.8 Å². The van der Waals surface area contributed by atoms with Crippen LogP contribution in [0.15, 0.2) is 22.8 Å². The van der Waals surface area contributed by atoms with Crippen LogP contribution in [-0.2, 0) is 4.79 Å². The predicted molar refractivity (Wildman–Crippen MR) is 82.3 cm³/mol. The molecule has 0 bridgehead atoms. The van der Waals surface area contributed by atoms with Crippen molar-refractivity contribution in [2.75, 3.05) is 26.2 Å². The molecule has 0 radical (unpaired) electrons. The molecule has 0 spiro atoms. The second-order valence-electron chi connectivity index (χ2n) is 6.58. The van der Waals surface area contributed by atoms with Crippen LogP contribution < -0.4 is 0 Å². The average molecular weight is 304 g/mol. The first kappa shape index (κ1) is 15.1. The smallest absolute Gasteiger partial charge is 0.289 e. The van der Waals surface area contributed by atoms with Gasteiger partial charge in [0.25, 0.3) is 5.91 Å². The Labute approximate surface area is 131 Å². The predicted octanol–water partition coefficient (Wildman–Crippen LogP) is 2.39. The Balaban J connectivity index is 1.53. The van der Waals surface area contributed by atoms with Gasteiger partial charge in [0.1, 0.15) is 0 Å². The summed E-state index contributed by atoms with van der Waals surface area (Å²) in [7, 11) is 0. The van der Waals surface area contributed by atoms with Crippen LogP contribution in [-0.4, -0.2) is 47.8 Å². The number of furan rings is 1. The summed E-state index contributed by atoms with van der Waals surface area (Å²) in [6.07, 6.45) is 5.37. The largest absolute Gasteiger partial charge is 0.459 e. The molecule has 2 saturated heterocycles. The van der Waals surface area contributed by atoms with Gasteiger partial charge in [-0.25, -0.2) is 0 Å². The van der Waals surface area contributed by atoms with Crippen LogP contribution in [0.3, 0.4) is 0 Å². The molecule has 5 heteroatoms. The third-order valence-electron chi connectivity index (χ3n) is 4.83. The molecule has 1 aromatic rings. The third-order valence-corrected chi connectivity index (χ3v) is 4.83. The monoisotopic (exact) mass is 304 g/mol. The second kappa shape index (κ2) is 6.55. The molecule has 0 unspecified atom stereocenters. The zero-order valence-electron chi connectivity index (χ0n) is 13.2. The maximum Gasteiger partial charge on any atom is 0.289 e. The highest BCUT2D eigenvalue weighted by molar-refractivity contribution is 5.91. The molecule has 1 atom stereocenters. The van der Waals surface area contributed by atoms with Crippen molar-refractivity contribution in [3.63, 3.8) is 0 Å². The van der Waals surface area contributed by atoms with Gasteiger partial charge in [-0.3, -0.25) is 9.59 Å². The van der Waals surface area contributed by atoms with Crippen LogP contribution in [0.5, 0.6) is 0 Å². The number of rotatable bonds is 2. The molecule has 120 valence electrons. The lowest BCUT2D eigenvalue weighted by Gasteiger charge is -2.37. The standard InChI is InChI=1S/C17H24N2O3/c1-13-4-2-8-19(12-13)16(20)14-6-9-18(10-7-14)17(21)15-5-3-11-22-15/h3,5,11,13-14H,2,4,6-10,12H2,1H3/t13-/m0/s1. The molecule has 0 N–H and O–H groups in total. The minimum absolute atomic E-state index is 0.0671. The number of likely N-dealkylation sites (tertiary alicyclic amines) is 2. The maximum atomic E-state index is 12.6. The van der Waals surface area contributed by atoms with Gasteiger partial charge in [-0.05, 0) is 43.7 Å². The number of carbonyl (C=O) groups excluding carboxylic acids is 2. The first-order chi connectivity index (χ1) is 10.6. The molecule has 1 aromatic heterocycles. The summed E-state index contributed by atoms with van der Waals surface area (Å²) < 4.78 is 5.16. The van der Waals surface area contributed by atoms with Crippen LogP contribution in [0.1, 0.15) is 43.2 Å². The molecule has 0 aromatic carbocycles. The molecule has 2 aliphatic rings. The van der Waals surface area contributed by atoms with E-state index in [9.17, 15) is 9.59 Å². The first-order valence-electron chi connectivity index (χ1n) is 8.26. The van der Waals surface area contributed by atoms with Crippen molar-refractivity contribution < 1.29 is 14.0 Å². The Morgan fingerprint density at radius 2 is 1.91 bits per heavy atom. The van der Waals surface area contributed by atoms with Crippen molar-refractivity contribution in [2.45, 2.75) is 32.6 Å². The zero-order valence-corrected chi connectivity index (χ0v) is 13.2. The lowest BCUT2D eigenvalue weighted by Crippen LogP contribution is -2.46. The van der Waals surface area contributed by atoms with Gasteiger partial charge in [-0.2, -0.15) is 0 Å². The zero-order chi connectivity index (χ0) is 15.5. The van der Waals surface area contributed by atoms with Crippen LogP contribution in [0.4, 0.5) is 0 Å². The highest BCUT2D eigenvalue weighted by Crippen LogP contribution is 2.24. The van der Waals surface area contributed by atoms with E-state index in [-0.39, 0.29) is 17.7 Å². The minimum atomic E-state index is -0.0671. The molecule has 2 fully saturated rings.